The molecule has 128 valence electrons. The Labute approximate surface area is 140 Å². The lowest BCUT2D eigenvalue weighted by atomic mass is 9.97. The summed E-state index contributed by atoms with van der Waals surface area (Å²) in [6.07, 6.45) is 0.928. The Morgan fingerprint density at radius 3 is 2.57 bits per heavy atom. The van der Waals surface area contributed by atoms with Gasteiger partial charge in [0, 0.05) is 25.6 Å². The molecule has 0 radical (unpaired) electrons. The predicted octanol–water partition coefficient (Wildman–Crippen LogP) is 0.401. The maximum absolute atomic E-state index is 12.4. The van der Waals surface area contributed by atoms with Crippen LogP contribution in [-0.2, 0) is 19.6 Å². The number of piperidine rings is 1. The van der Waals surface area contributed by atoms with Crippen LogP contribution < -0.4 is 10.6 Å². The largest absolute Gasteiger partial charge is 0.355 e. The lowest BCUT2D eigenvalue weighted by Gasteiger charge is -2.30. The first-order valence-electron chi connectivity index (χ1n) is 7.53. The van der Waals surface area contributed by atoms with E-state index in [4.69, 9.17) is 0 Å². The first kappa shape index (κ1) is 17.9. The maximum Gasteiger partial charge on any atom is 0.252 e. The van der Waals surface area contributed by atoms with Crippen molar-refractivity contribution in [3.05, 3.63) is 17.5 Å². The molecule has 2 N–H and O–H groups in total. The summed E-state index contributed by atoms with van der Waals surface area (Å²) < 4.78 is 26.5. The van der Waals surface area contributed by atoms with Gasteiger partial charge in [-0.1, -0.05) is 6.07 Å². The number of carbonyl (C=O) groups excluding carboxylic acids is 2. The molecule has 2 rings (SSSR count). The Balaban J connectivity index is 1.84. The van der Waals surface area contributed by atoms with Gasteiger partial charge >= 0.3 is 0 Å². The van der Waals surface area contributed by atoms with E-state index >= 15 is 0 Å². The van der Waals surface area contributed by atoms with Gasteiger partial charge in [0.1, 0.15) is 4.21 Å². The smallest absolute Gasteiger partial charge is 0.252 e. The van der Waals surface area contributed by atoms with Crippen LogP contribution in [0.1, 0.15) is 19.8 Å². The number of hydrogen-bond acceptors (Lipinski definition) is 5. The van der Waals surface area contributed by atoms with Crippen molar-refractivity contribution in [2.24, 2.45) is 5.92 Å². The van der Waals surface area contributed by atoms with E-state index in [2.05, 4.69) is 10.6 Å². The average molecular weight is 359 g/mol. The van der Waals surface area contributed by atoms with Crippen LogP contribution in [-0.4, -0.2) is 50.7 Å². The minimum absolute atomic E-state index is 0.0413. The van der Waals surface area contributed by atoms with E-state index < -0.39 is 10.0 Å². The van der Waals surface area contributed by atoms with Crippen LogP contribution in [0.3, 0.4) is 0 Å². The van der Waals surface area contributed by atoms with Gasteiger partial charge in [0.05, 0.1) is 6.54 Å². The number of carbonyl (C=O) groups is 2. The Hall–Kier alpha value is -1.45. The first-order valence-corrected chi connectivity index (χ1v) is 9.85. The average Bonchev–Trinajstić information content (AvgIpc) is 3.08. The molecule has 1 aliphatic heterocycles. The van der Waals surface area contributed by atoms with Crippen molar-refractivity contribution in [1.29, 1.82) is 0 Å². The Morgan fingerprint density at radius 1 is 1.30 bits per heavy atom. The van der Waals surface area contributed by atoms with E-state index in [1.54, 1.807) is 17.5 Å². The molecule has 7 nitrogen and oxygen atoms in total. The van der Waals surface area contributed by atoms with E-state index in [9.17, 15) is 18.0 Å². The number of amides is 2. The molecule has 1 saturated heterocycles. The molecular weight excluding hydrogens is 338 g/mol. The summed E-state index contributed by atoms with van der Waals surface area (Å²) in [5, 5.41) is 6.94. The predicted molar refractivity (Wildman–Crippen MR) is 87.5 cm³/mol. The summed E-state index contributed by atoms with van der Waals surface area (Å²) in [4.78, 5) is 23.4. The van der Waals surface area contributed by atoms with E-state index in [1.165, 1.54) is 15.6 Å². The Morgan fingerprint density at radius 2 is 2.00 bits per heavy atom. The number of nitrogens with zero attached hydrogens (tertiary/aromatic N) is 1. The normalized spacial score (nSPS) is 16.9. The van der Waals surface area contributed by atoms with Crippen LogP contribution in [0.4, 0.5) is 0 Å². The molecule has 2 amide bonds. The first-order chi connectivity index (χ1) is 10.9. The lowest BCUT2D eigenvalue weighted by molar-refractivity contribution is -0.129. The van der Waals surface area contributed by atoms with Gasteiger partial charge in [0.2, 0.25) is 11.8 Å². The minimum Gasteiger partial charge on any atom is -0.355 e. The number of likely N-dealkylation sites (N-methyl/N-ethyl adjacent to an activating group) is 1. The molecule has 0 atom stereocenters. The fraction of sp³-hybridized carbons (Fsp3) is 0.571. The lowest BCUT2D eigenvalue weighted by Crippen LogP contribution is -2.44. The molecule has 0 aliphatic carbocycles. The molecule has 0 spiro atoms. The standard InChI is InChI=1S/C14H21N3O4S2/c1-2-15-12(18)10-16-14(19)11-5-7-17(8-6-11)23(20,21)13-4-3-9-22-13/h3-4,9,11H,2,5-8,10H2,1H3,(H,15,18)(H,16,19). The molecule has 1 aromatic rings. The van der Waals surface area contributed by atoms with Crippen LogP contribution in [0.2, 0.25) is 0 Å². The molecule has 9 heteroatoms. The third-order valence-corrected chi connectivity index (χ3v) is 6.98. The fourth-order valence-electron chi connectivity index (χ4n) is 2.47. The monoisotopic (exact) mass is 359 g/mol. The highest BCUT2D eigenvalue weighted by Crippen LogP contribution is 2.26. The minimum atomic E-state index is -3.44. The highest BCUT2D eigenvalue weighted by atomic mass is 32.2. The van der Waals surface area contributed by atoms with Crippen LogP contribution in [0.5, 0.6) is 0 Å². The molecule has 0 unspecified atom stereocenters. The van der Waals surface area contributed by atoms with Crippen molar-refractivity contribution >= 4 is 33.2 Å². The van der Waals surface area contributed by atoms with Gasteiger partial charge in [-0.05, 0) is 31.2 Å². The van der Waals surface area contributed by atoms with Gasteiger partial charge in [-0.2, -0.15) is 4.31 Å². The zero-order valence-electron chi connectivity index (χ0n) is 12.9. The third-order valence-electron chi connectivity index (χ3n) is 3.71. The molecule has 23 heavy (non-hydrogen) atoms. The van der Waals surface area contributed by atoms with Crippen molar-refractivity contribution in [1.82, 2.24) is 14.9 Å². The van der Waals surface area contributed by atoms with Crippen LogP contribution in [0, 0.1) is 5.92 Å². The second-order valence-corrected chi connectivity index (χ2v) is 8.39. The van der Waals surface area contributed by atoms with Gasteiger partial charge < -0.3 is 10.6 Å². The molecule has 0 aromatic carbocycles. The highest BCUT2D eigenvalue weighted by Gasteiger charge is 2.32. The van der Waals surface area contributed by atoms with Crippen molar-refractivity contribution in [2.75, 3.05) is 26.2 Å². The molecule has 2 heterocycles. The summed E-state index contributed by atoms with van der Waals surface area (Å²) in [5.41, 5.74) is 0. The van der Waals surface area contributed by atoms with Crippen LogP contribution in [0.25, 0.3) is 0 Å². The zero-order valence-corrected chi connectivity index (χ0v) is 14.6. The topological polar surface area (TPSA) is 95.6 Å². The van der Waals surface area contributed by atoms with E-state index in [0.717, 1.165) is 0 Å². The van der Waals surface area contributed by atoms with E-state index in [-0.39, 0.29) is 24.3 Å². The number of thiophene rings is 1. The van der Waals surface area contributed by atoms with Crippen molar-refractivity contribution in [3.8, 4) is 0 Å². The number of sulfonamides is 1. The Kier molecular flexibility index (Phi) is 6.14. The second-order valence-electron chi connectivity index (χ2n) is 5.28. The SMILES string of the molecule is CCNC(=O)CNC(=O)C1CCN(S(=O)(=O)c2cccs2)CC1. The van der Waals surface area contributed by atoms with Crippen molar-refractivity contribution < 1.29 is 18.0 Å². The van der Waals surface area contributed by atoms with Gasteiger partial charge in [0.15, 0.2) is 0 Å². The highest BCUT2D eigenvalue weighted by molar-refractivity contribution is 7.91. The summed E-state index contributed by atoms with van der Waals surface area (Å²) in [5.74, 6) is -0.665. The van der Waals surface area contributed by atoms with Crippen molar-refractivity contribution in [3.63, 3.8) is 0 Å². The maximum atomic E-state index is 12.4. The number of hydrogen-bond donors (Lipinski definition) is 2. The summed E-state index contributed by atoms with van der Waals surface area (Å²) in [6.45, 7) is 2.93. The van der Waals surface area contributed by atoms with Gasteiger partial charge in [-0.3, -0.25) is 9.59 Å². The molecule has 1 aromatic heterocycles. The zero-order chi connectivity index (χ0) is 16.9. The Bertz CT molecular complexity index is 635. The van der Waals surface area contributed by atoms with Crippen molar-refractivity contribution in [2.45, 2.75) is 24.0 Å². The third kappa shape index (κ3) is 4.52. The van der Waals surface area contributed by atoms with Crippen LogP contribution in [0.15, 0.2) is 21.7 Å². The summed E-state index contributed by atoms with van der Waals surface area (Å²) in [7, 11) is -3.44. The number of nitrogens with one attached hydrogen (secondary N) is 2. The van der Waals surface area contributed by atoms with Crippen LogP contribution >= 0.6 is 11.3 Å². The molecule has 0 bridgehead atoms. The van der Waals surface area contributed by atoms with E-state index in [0.29, 0.717) is 36.7 Å². The van der Waals surface area contributed by atoms with Gasteiger partial charge in [-0.25, -0.2) is 8.42 Å². The molecule has 1 aliphatic rings. The molecule has 0 saturated carbocycles. The summed E-state index contributed by atoms with van der Waals surface area (Å²) >= 11 is 1.19. The molecular formula is C14H21N3O4S2. The number of rotatable bonds is 6. The van der Waals surface area contributed by atoms with Gasteiger partial charge in [-0.15, -0.1) is 11.3 Å². The van der Waals surface area contributed by atoms with E-state index in [1.807, 2.05) is 6.92 Å². The second kappa shape index (κ2) is 7.89. The molecule has 1 fully saturated rings. The quantitative estimate of drug-likeness (QED) is 0.769. The fourth-order valence-corrected chi connectivity index (χ4v) is 5.08. The summed E-state index contributed by atoms with van der Waals surface area (Å²) in [6, 6.07) is 3.30. The van der Waals surface area contributed by atoms with Gasteiger partial charge in [0.25, 0.3) is 10.0 Å².